The third-order valence-corrected chi connectivity index (χ3v) is 16.5. The number of benzene rings is 1. The maximum absolute atomic E-state index is 13.9. The van der Waals surface area contributed by atoms with E-state index in [1.54, 1.807) is 41.6 Å². The summed E-state index contributed by atoms with van der Waals surface area (Å²) in [5, 5.41) is 16.1. The van der Waals surface area contributed by atoms with E-state index >= 15 is 0 Å². The molecule has 6 aliphatic carbocycles. The molecule has 3 N–H and O–H groups in total. The van der Waals surface area contributed by atoms with Crippen LogP contribution in [0.5, 0.6) is 11.5 Å². The lowest BCUT2D eigenvalue weighted by molar-refractivity contribution is -0.421. The maximum Gasteiger partial charge on any atom is 0.303 e. The summed E-state index contributed by atoms with van der Waals surface area (Å²) < 4.78 is 41.3. The first-order chi connectivity index (χ1) is 30.1. The lowest BCUT2D eigenvalue weighted by atomic mass is 9.39. The van der Waals surface area contributed by atoms with Gasteiger partial charge in [-0.2, -0.15) is 0 Å². The van der Waals surface area contributed by atoms with Crippen LogP contribution >= 0.6 is 11.6 Å². The number of nitro groups is 1. The van der Waals surface area contributed by atoms with Crippen LogP contribution in [-0.4, -0.2) is 91.5 Å². The zero-order valence-corrected chi connectivity index (χ0v) is 37.4. The molecule has 0 unspecified atom stereocenters. The Kier molecular flexibility index (Phi) is 10.5. The zero-order valence-electron chi connectivity index (χ0n) is 35.9. The molecule has 4 saturated carbocycles. The summed E-state index contributed by atoms with van der Waals surface area (Å²) in [5.74, 6) is -0.143. The Morgan fingerprint density at radius 3 is 2.57 bits per heavy atom. The molecule has 0 radical (unpaired) electrons. The number of hydrogen-bond donors (Lipinski definition) is 3. The lowest BCUT2D eigenvalue weighted by Gasteiger charge is -2.70. The van der Waals surface area contributed by atoms with Crippen LogP contribution in [0.25, 0.3) is 11.0 Å². The van der Waals surface area contributed by atoms with E-state index in [-0.39, 0.29) is 27.3 Å². The van der Waals surface area contributed by atoms with Crippen molar-refractivity contribution in [1.29, 1.82) is 0 Å². The fourth-order valence-electron chi connectivity index (χ4n) is 11.4. The van der Waals surface area contributed by atoms with E-state index in [2.05, 4.69) is 55.1 Å². The van der Waals surface area contributed by atoms with E-state index in [4.69, 9.17) is 21.1 Å². The van der Waals surface area contributed by atoms with E-state index < -0.39 is 31.5 Å². The van der Waals surface area contributed by atoms with Crippen LogP contribution in [0.4, 0.5) is 5.69 Å². The summed E-state index contributed by atoms with van der Waals surface area (Å²) in [7, 11) is -4.63. The molecule has 2 aromatic heterocycles. The SMILES string of the molecule is CC1(C)CCC(CN2CCN(c3ccc(C(=O)NS(=O)(=O)C4=C=C=C(NCC5CC6(CCOCC6)C5)C([N+](=O)[O-])=C4)c(Oc4cnc5[nH]ccc5c4)c3)CC2)=C(C23CC(Cl)(C2)C3)C1. The molecule has 1 aromatic carbocycles. The first-order valence-electron chi connectivity index (χ1n) is 22.2. The molecule has 4 heterocycles. The van der Waals surface area contributed by atoms with Crippen LogP contribution in [0, 0.1) is 32.3 Å². The summed E-state index contributed by atoms with van der Waals surface area (Å²) >= 11 is 6.75. The Balaban J connectivity index is 0.852. The predicted molar refractivity (Wildman–Crippen MR) is 240 cm³/mol. The van der Waals surface area contributed by atoms with Gasteiger partial charge in [0, 0.05) is 86.8 Å². The average molecular weight is 897 g/mol. The third kappa shape index (κ3) is 8.24. The van der Waals surface area contributed by atoms with Gasteiger partial charge in [0.15, 0.2) is 5.70 Å². The molecule has 2 bridgehead atoms. The standard InChI is InChI=1S/C47H54ClN7O7S/c1-44(2)9-7-33(38(24-44)46-28-47(48,29-46)30-46)27-53-13-15-54(16-14-53)34-3-5-37(41(20-34)62-35-19-32-8-12-49-42(32)51-26-35)43(56)52-63(59,60)36-4-6-39(40(21-36)55(57)58)50-25-31-22-45(23-31)10-17-61-18-11-45/h3,5,8,12,19-21,26,31,50H,7,9-11,13-18,22-25,27-30H2,1-2H3,(H,49,51)(H,52,56). The molecule has 1 amide bonds. The first-order valence-corrected chi connectivity index (χ1v) is 24.1. The van der Waals surface area contributed by atoms with Gasteiger partial charge in [0.1, 0.15) is 22.1 Å². The number of anilines is 1. The number of amides is 1. The Labute approximate surface area is 372 Å². The van der Waals surface area contributed by atoms with Crippen molar-refractivity contribution >= 4 is 44.3 Å². The number of nitrogens with one attached hydrogen (secondary N) is 3. The molecule has 2 aliphatic heterocycles. The second kappa shape index (κ2) is 15.7. The molecule has 16 heteroatoms. The van der Waals surface area contributed by atoms with Gasteiger partial charge in [0.2, 0.25) is 0 Å². The minimum absolute atomic E-state index is 0.0401. The number of pyridine rings is 1. The smallest absolute Gasteiger partial charge is 0.303 e. The molecule has 8 aliphatic rings. The second-order valence-corrected chi connectivity index (χ2v) is 22.4. The number of halogens is 1. The number of ether oxygens (including phenoxy) is 2. The van der Waals surface area contributed by atoms with E-state index in [9.17, 15) is 23.3 Å². The predicted octanol–water partition coefficient (Wildman–Crippen LogP) is 7.70. The summed E-state index contributed by atoms with van der Waals surface area (Å²) in [6.45, 7) is 11.0. The molecule has 0 atom stereocenters. The molecule has 11 rings (SSSR count). The summed E-state index contributed by atoms with van der Waals surface area (Å²) in [6, 6.07) is 8.73. The van der Waals surface area contributed by atoms with E-state index in [0.717, 1.165) is 121 Å². The maximum atomic E-state index is 13.9. The molecule has 3 aromatic rings. The van der Waals surface area contributed by atoms with Gasteiger partial charge in [-0.05, 0) is 122 Å². The summed E-state index contributed by atoms with van der Waals surface area (Å²) in [4.78, 5) is 37.2. The van der Waals surface area contributed by atoms with Crippen LogP contribution < -0.4 is 19.7 Å². The van der Waals surface area contributed by atoms with Gasteiger partial charge >= 0.3 is 5.70 Å². The lowest BCUT2D eigenvalue weighted by Crippen LogP contribution is -2.65. The van der Waals surface area contributed by atoms with Crippen molar-refractivity contribution in [3.8, 4) is 11.5 Å². The number of allylic oxidation sites excluding steroid dienone is 2. The van der Waals surface area contributed by atoms with Crippen molar-refractivity contribution in [3.05, 3.63) is 103 Å². The van der Waals surface area contributed by atoms with Crippen LogP contribution in [-0.2, 0) is 14.8 Å². The van der Waals surface area contributed by atoms with Gasteiger partial charge in [0.05, 0.1) is 16.7 Å². The van der Waals surface area contributed by atoms with Crippen molar-refractivity contribution in [2.45, 2.75) is 82.9 Å². The quantitative estimate of drug-likeness (QED) is 0.0505. The fraction of sp³-hybridized carbons (Fsp3) is 0.532. The molecule has 332 valence electrons. The van der Waals surface area contributed by atoms with Crippen LogP contribution in [0.2, 0.25) is 0 Å². The topological polar surface area (TPSA) is 172 Å². The molecular weight excluding hydrogens is 842 g/mol. The van der Waals surface area contributed by atoms with Crippen molar-refractivity contribution in [2.75, 3.05) is 57.4 Å². The van der Waals surface area contributed by atoms with Gasteiger partial charge in [-0.15, -0.1) is 11.6 Å². The number of rotatable bonds is 13. The minimum Gasteiger partial charge on any atom is -0.455 e. The number of hydrogen-bond acceptors (Lipinski definition) is 11. The van der Waals surface area contributed by atoms with E-state index in [0.29, 0.717) is 34.7 Å². The highest BCUT2D eigenvalue weighted by atomic mass is 35.5. The number of alkyl halides is 1. The molecule has 2 saturated heterocycles. The zero-order chi connectivity index (χ0) is 43.8. The number of piperazine rings is 1. The Morgan fingerprint density at radius 2 is 1.84 bits per heavy atom. The number of aromatic nitrogens is 2. The Hall–Kier alpha value is -4.88. The van der Waals surface area contributed by atoms with Gasteiger partial charge in [0.25, 0.3) is 15.9 Å². The van der Waals surface area contributed by atoms with Crippen LogP contribution in [0.15, 0.2) is 87.7 Å². The molecule has 14 nitrogen and oxygen atoms in total. The van der Waals surface area contributed by atoms with Crippen molar-refractivity contribution < 1.29 is 27.6 Å². The molecule has 63 heavy (non-hydrogen) atoms. The average Bonchev–Trinajstić information content (AvgIpc) is 3.70. The Bertz CT molecular complexity index is 2650. The summed E-state index contributed by atoms with van der Waals surface area (Å²) in [6.07, 6.45) is 15.1. The fourth-order valence-corrected chi connectivity index (χ4v) is 13.1. The van der Waals surface area contributed by atoms with Gasteiger partial charge in [-0.3, -0.25) is 19.8 Å². The van der Waals surface area contributed by atoms with Crippen molar-refractivity contribution in [3.63, 3.8) is 0 Å². The van der Waals surface area contributed by atoms with Crippen LogP contribution in [0.3, 0.4) is 0 Å². The van der Waals surface area contributed by atoms with Crippen LogP contribution in [0.1, 0.15) is 88.4 Å². The van der Waals surface area contributed by atoms with Gasteiger partial charge < -0.3 is 24.7 Å². The van der Waals surface area contributed by atoms with Crippen molar-refractivity contribution in [1.82, 2.24) is 24.9 Å². The summed E-state index contributed by atoms with van der Waals surface area (Å²) in [5.41, 5.74) is 10.4. The minimum atomic E-state index is -4.63. The Morgan fingerprint density at radius 1 is 1.08 bits per heavy atom. The number of aromatic amines is 1. The number of sulfonamides is 1. The number of nitrogens with zero attached hydrogens (tertiary/aromatic N) is 4. The highest BCUT2D eigenvalue weighted by molar-refractivity contribution is 7.94. The first kappa shape index (κ1) is 42.1. The number of carbonyl (C=O) groups is 1. The second-order valence-electron chi connectivity index (χ2n) is 20.0. The normalized spacial score (nSPS) is 26.5. The highest BCUT2D eigenvalue weighted by Crippen LogP contribution is 2.75. The van der Waals surface area contributed by atoms with Crippen molar-refractivity contribution in [2.24, 2.45) is 22.2 Å². The van der Waals surface area contributed by atoms with Gasteiger partial charge in [-0.1, -0.05) is 25.0 Å². The number of fused-ring (bicyclic) bond motifs is 1. The van der Waals surface area contributed by atoms with Gasteiger partial charge in [-0.25, -0.2) is 18.1 Å². The largest absolute Gasteiger partial charge is 0.455 e. The highest BCUT2D eigenvalue weighted by Gasteiger charge is 2.69. The van der Waals surface area contributed by atoms with E-state index in [1.807, 2.05) is 6.07 Å². The molecule has 6 fully saturated rings. The monoisotopic (exact) mass is 895 g/mol. The molecular formula is C47H54ClN7O7S. The van der Waals surface area contributed by atoms with E-state index in [1.165, 1.54) is 12.6 Å². The number of carbonyl (C=O) groups excluding carboxylic acids is 1. The third-order valence-electron chi connectivity index (χ3n) is 14.9. The number of H-pyrrole nitrogens is 1. The molecule has 1 spiro atoms.